The maximum absolute atomic E-state index is 6.15. The fraction of sp³-hybridized carbons (Fsp3) is 0.200. The van der Waals surface area contributed by atoms with Gasteiger partial charge in [-0.3, -0.25) is 0 Å². The molecule has 0 aliphatic rings. The van der Waals surface area contributed by atoms with E-state index < -0.39 is 0 Å². The molecule has 100 valence electrons. The van der Waals surface area contributed by atoms with Crippen LogP contribution in [0.25, 0.3) is 0 Å². The van der Waals surface area contributed by atoms with Gasteiger partial charge in [-0.05, 0) is 36.8 Å². The van der Waals surface area contributed by atoms with E-state index in [1.807, 2.05) is 49.4 Å². The number of benzene rings is 2. The summed E-state index contributed by atoms with van der Waals surface area (Å²) in [6.45, 7) is 2.39. The van der Waals surface area contributed by atoms with Crippen molar-refractivity contribution in [2.45, 2.75) is 19.6 Å². The van der Waals surface area contributed by atoms with Gasteiger partial charge in [0.25, 0.3) is 0 Å². The Balaban J connectivity index is 2.08. The Morgan fingerprint density at radius 2 is 2.05 bits per heavy atom. The van der Waals surface area contributed by atoms with Crippen LogP contribution in [0.2, 0.25) is 5.02 Å². The number of hydrogen-bond acceptors (Lipinski definition) is 2. The first kappa shape index (κ1) is 14.4. The third-order valence-electron chi connectivity index (χ3n) is 2.79. The van der Waals surface area contributed by atoms with Crippen molar-refractivity contribution in [1.29, 1.82) is 0 Å². The van der Waals surface area contributed by atoms with Gasteiger partial charge in [-0.15, -0.1) is 0 Å². The van der Waals surface area contributed by atoms with Crippen LogP contribution in [0.3, 0.4) is 0 Å². The van der Waals surface area contributed by atoms with E-state index in [1.165, 1.54) is 0 Å². The fourth-order valence-corrected chi connectivity index (χ4v) is 2.42. The van der Waals surface area contributed by atoms with Gasteiger partial charge in [0.2, 0.25) is 0 Å². The summed E-state index contributed by atoms with van der Waals surface area (Å²) in [5.41, 5.74) is 7.86. The lowest BCUT2D eigenvalue weighted by Crippen LogP contribution is -2.05. The van der Waals surface area contributed by atoms with Gasteiger partial charge >= 0.3 is 0 Å². The Kier molecular flexibility index (Phi) is 4.86. The van der Waals surface area contributed by atoms with Crippen LogP contribution in [0, 0.1) is 0 Å². The van der Waals surface area contributed by atoms with Crippen LogP contribution in [0.4, 0.5) is 0 Å². The molecule has 0 aliphatic carbocycles. The van der Waals surface area contributed by atoms with E-state index in [1.54, 1.807) is 0 Å². The molecule has 2 nitrogen and oxygen atoms in total. The first-order valence-electron chi connectivity index (χ1n) is 5.98. The maximum atomic E-state index is 6.15. The molecular weight excluding hydrogens is 326 g/mol. The third kappa shape index (κ3) is 3.96. The zero-order valence-corrected chi connectivity index (χ0v) is 12.9. The highest BCUT2D eigenvalue weighted by atomic mass is 79.9. The van der Waals surface area contributed by atoms with Crippen molar-refractivity contribution in [3.8, 4) is 5.75 Å². The zero-order chi connectivity index (χ0) is 13.8. The molecule has 0 saturated carbocycles. The summed E-state index contributed by atoms with van der Waals surface area (Å²) in [4.78, 5) is 0. The van der Waals surface area contributed by atoms with E-state index in [2.05, 4.69) is 15.9 Å². The van der Waals surface area contributed by atoms with E-state index in [-0.39, 0.29) is 6.04 Å². The van der Waals surface area contributed by atoms with Crippen molar-refractivity contribution in [3.05, 3.63) is 63.1 Å². The second-order valence-corrected chi connectivity index (χ2v) is 5.71. The van der Waals surface area contributed by atoms with Crippen LogP contribution in [0.1, 0.15) is 24.1 Å². The molecule has 0 spiro atoms. The third-order valence-corrected chi connectivity index (χ3v) is 3.64. The Morgan fingerprint density at radius 3 is 2.74 bits per heavy atom. The summed E-state index contributed by atoms with van der Waals surface area (Å²) in [6.07, 6.45) is 0. The molecule has 1 unspecified atom stereocenters. The summed E-state index contributed by atoms with van der Waals surface area (Å²) in [5, 5.41) is 0.692. The SMILES string of the molecule is CC(N)c1cccc(OCc2ccc(Br)cc2Cl)c1. The smallest absolute Gasteiger partial charge is 0.120 e. The summed E-state index contributed by atoms with van der Waals surface area (Å²) < 4.78 is 6.71. The first-order valence-corrected chi connectivity index (χ1v) is 7.15. The Bertz CT molecular complexity index is 572. The average molecular weight is 341 g/mol. The van der Waals surface area contributed by atoms with Gasteiger partial charge in [0, 0.05) is 21.1 Å². The van der Waals surface area contributed by atoms with Crippen molar-refractivity contribution in [2.24, 2.45) is 5.73 Å². The van der Waals surface area contributed by atoms with Crippen LogP contribution >= 0.6 is 27.5 Å². The summed E-state index contributed by atoms with van der Waals surface area (Å²) >= 11 is 9.53. The summed E-state index contributed by atoms with van der Waals surface area (Å²) in [5.74, 6) is 0.800. The lowest BCUT2D eigenvalue weighted by atomic mass is 10.1. The Morgan fingerprint density at radius 1 is 1.26 bits per heavy atom. The highest BCUT2D eigenvalue weighted by Crippen LogP contribution is 2.24. The normalized spacial score (nSPS) is 12.2. The van der Waals surface area contributed by atoms with Crippen LogP contribution in [0.5, 0.6) is 5.75 Å². The van der Waals surface area contributed by atoms with Crippen molar-refractivity contribution in [2.75, 3.05) is 0 Å². The minimum absolute atomic E-state index is 0.000168. The van der Waals surface area contributed by atoms with E-state index in [0.29, 0.717) is 11.6 Å². The largest absolute Gasteiger partial charge is 0.489 e. The average Bonchev–Trinajstić information content (AvgIpc) is 2.38. The molecule has 0 heterocycles. The van der Waals surface area contributed by atoms with Gasteiger partial charge in [-0.1, -0.05) is 45.7 Å². The van der Waals surface area contributed by atoms with Crippen molar-refractivity contribution >= 4 is 27.5 Å². The molecule has 2 N–H and O–H groups in total. The molecule has 0 aliphatic heterocycles. The minimum Gasteiger partial charge on any atom is -0.489 e. The zero-order valence-electron chi connectivity index (χ0n) is 10.6. The molecule has 0 radical (unpaired) electrons. The topological polar surface area (TPSA) is 35.2 Å². The van der Waals surface area contributed by atoms with Crippen LogP contribution in [0.15, 0.2) is 46.9 Å². The van der Waals surface area contributed by atoms with Crippen LogP contribution in [-0.2, 0) is 6.61 Å². The Labute approximate surface area is 126 Å². The second kappa shape index (κ2) is 6.42. The van der Waals surface area contributed by atoms with E-state index >= 15 is 0 Å². The standard InChI is InChI=1S/C15H15BrClNO/c1-10(18)11-3-2-4-14(7-11)19-9-12-5-6-13(16)8-15(12)17/h2-8,10H,9,18H2,1H3. The van der Waals surface area contributed by atoms with Gasteiger partial charge < -0.3 is 10.5 Å². The van der Waals surface area contributed by atoms with E-state index in [0.717, 1.165) is 21.3 Å². The molecule has 0 bridgehead atoms. The van der Waals surface area contributed by atoms with E-state index in [9.17, 15) is 0 Å². The molecule has 2 aromatic rings. The number of rotatable bonds is 4. The lowest BCUT2D eigenvalue weighted by molar-refractivity contribution is 0.306. The van der Waals surface area contributed by atoms with Gasteiger partial charge in [0.15, 0.2) is 0 Å². The fourth-order valence-electron chi connectivity index (χ4n) is 1.69. The molecule has 4 heteroatoms. The summed E-state index contributed by atoms with van der Waals surface area (Å²) in [6, 6.07) is 13.6. The monoisotopic (exact) mass is 339 g/mol. The van der Waals surface area contributed by atoms with Gasteiger partial charge in [-0.25, -0.2) is 0 Å². The van der Waals surface area contributed by atoms with Crippen molar-refractivity contribution in [3.63, 3.8) is 0 Å². The first-order chi connectivity index (χ1) is 9.06. The molecule has 19 heavy (non-hydrogen) atoms. The minimum atomic E-state index is -0.000168. The number of hydrogen-bond donors (Lipinski definition) is 1. The van der Waals surface area contributed by atoms with Crippen LogP contribution < -0.4 is 10.5 Å². The Hall–Kier alpha value is -1.03. The van der Waals surface area contributed by atoms with Crippen molar-refractivity contribution in [1.82, 2.24) is 0 Å². The molecule has 2 rings (SSSR count). The maximum Gasteiger partial charge on any atom is 0.120 e. The number of nitrogens with two attached hydrogens (primary N) is 1. The predicted molar refractivity (Wildman–Crippen MR) is 82.5 cm³/mol. The van der Waals surface area contributed by atoms with E-state index in [4.69, 9.17) is 22.1 Å². The molecule has 0 aromatic heterocycles. The second-order valence-electron chi connectivity index (χ2n) is 4.39. The molecular formula is C15H15BrClNO. The molecule has 0 amide bonds. The lowest BCUT2D eigenvalue weighted by Gasteiger charge is -2.11. The number of halogens is 2. The highest BCUT2D eigenvalue weighted by molar-refractivity contribution is 9.10. The molecule has 1 atom stereocenters. The van der Waals surface area contributed by atoms with Gasteiger partial charge in [0.1, 0.15) is 12.4 Å². The van der Waals surface area contributed by atoms with Gasteiger partial charge in [-0.2, -0.15) is 0 Å². The summed E-state index contributed by atoms with van der Waals surface area (Å²) in [7, 11) is 0. The number of ether oxygens (including phenoxy) is 1. The highest BCUT2D eigenvalue weighted by Gasteiger charge is 2.04. The molecule has 0 saturated heterocycles. The molecule has 0 fully saturated rings. The predicted octanol–water partition coefficient (Wildman–Crippen LogP) is 4.70. The molecule has 2 aromatic carbocycles. The quantitative estimate of drug-likeness (QED) is 0.875. The van der Waals surface area contributed by atoms with Crippen LogP contribution in [-0.4, -0.2) is 0 Å². The van der Waals surface area contributed by atoms with Gasteiger partial charge in [0.05, 0.1) is 0 Å². The van der Waals surface area contributed by atoms with Crippen molar-refractivity contribution < 1.29 is 4.74 Å².